The van der Waals surface area contributed by atoms with Gasteiger partial charge in [0.25, 0.3) is 5.91 Å². The Hall–Kier alpha value is -2.12. The molecule has 0 spiro atoms. The average Bonchev–Trinajstić information content (AvgIpc) is 2.80. The number of benzene rings is 1. The molecule has 1 aromatic rings. The summed E-state index contributed by atoms with van der Waals surface area (Å²) in [5, 5.41) is 2.32. The molecule has 0 fully saturated rings. The summed E-state index contributed by atoms with van der Waals surface area (Å²) in [6.45, 7) is 3.88. The molecule has 1 amide bonds. The lowest BCUT2D eigenvalue weighted by Crippen LogP contribution is -2.39. The lowest BCUT2D eigenvalue weighted by Gasteiger charge is -2.14. The summed E-state index contributed by atoms with van der Waals surface area (Å²) in [6, 6.07) is 0.876. The van der Waals surface area contributed by atoms with Crippen LogP contribution in [0.2, 0.25) is 0 Å². The first-order valence-corrected chi connectivity index (χ1v) is 13.0. The first-order chi connectivity index (χ1) is 16.7. The third-order valence-electron chi connectivity index (χ3n) is 5.98. The number of carbonyl (C=O) groups excluding carboxylic acids is 2. The Balaban J connectivity index is 2.09. The fourth-order valence-electron chi connectivity index (χ4n) is 3.82. The van der Waals surface area contributed by atoms with Crippen molar-refractivity contribution in [3.05, 3.63) is 35.1 Å². The predicted octanol–water partition coefficient (Wildman–Crippen LogP) is 7.99. The molecule has 8 heteroatoms. The van der Waals surface area contributed by atoms with E-state index in [-0.39, 0.29) is 12.2 Å². The molecule has 1 rings (SSSR count). The second-order valence-corrected chi connectivity index (χ2v) is 9.15. The van der Waals surface area contributed by atoms with Crippen molar-refractivity contribution < 1.29 is 31.9 Å². The van der Waals surface area contributed by atoms with Gasteiger partial charge in [-0.3, -0.25) is 4.79 Å². The monoisotopic (exact) mass is 503 g/mol. The number of alkyl halides is 3. The Bertz CT molecular complexity index is 752. The maximum absolute atomic E-state index is 13.6. The number of amides is 1. The SMILES string of the molecule is CCCCCCCCCCCCCCCCOC(=O)C(C)NC(=O)c1ccc(C(F)(F)F)c(F)c1. The number of unbranched alkanes of at least 4 members (excludes halogenated alkanes) is 13. The van der Waals surface area contributed by atoms with Crippen molar-refractivity contribution in [2.45, 2.75) is 116 Å². The molecule has 1 aromatic carbocycles. The summed E-state index contributed by atoms with van der Waals surface area (Å²) < 4.78 is 56.7. The minimum Gasteiger partial charge on any atom is -0.464 e. The minimum absolute atomic E-state index is 0.242. The molecule has 0 aliphatic carbocycles. The molecule has 200 valence electrons. The van der Waals surface area contributed by atoms with Crippen LogP contribution >= 0.6 is 0 Å². The van der Waals surface area contributed by atoms with E-state index in [4.69, 9.17) is 4.74 Å². The van der Waals surface area contributed by atoms with Gasteiger partial charge in [0.1, 0.15) is 11.9 Å². The minimum atomic E-state index is -4.84. The highest BCUT2D eigenvalue weighted by atomic mass is 19.4. The molecule has 0 saturated heterocycles. The zero-order valence-electron chi connectivity index (χ0n) is 21.2. The number of esters is 1. The third kappa shape index (κ3) is 13.5. The number of ether oxygens (including phenoxy) is 1. The average molecular weight is 504 g/mol. The molecule has 4 nitrogen and oxygen atoms in total. The van der Waals surface area contributed by atoms with Gasteiger partial charge in [-0.1, -0.05) is 90.4 Å². The molecular weight excluding hydrogens is 462 g/mol. The molecule has 0 heterocycles. The molecule has 0 bridgehead atoms. The molecule has 1 unspecified atom stereocenters. The summed E-state index contributed by atoms with van der Waals surface area (Å²) >= 11 is 0. The van der Waals surface area contributed by atoms with E-state index in [2.05, 4.69) is 12.2 Å². The molecule has 0 aliphatic rings. The molecule has 0 saturated carbocycles. The van der Waals surface area contributed by atoms with E-state index in [1.165, 1.54) is 77.6 Å². The Morgan fingerprint density at radius 2 is 1.34 bits per heavy atom. The van der Waals surface area contributed by atoms with E-state index in [0.717, 1.165) is 25.3 Å². The van der Waals surface area contributed by atoms with E-state index in [1.807, 2.05) is 0 Å². The molecular formula is C27H41F4NO3. The number of hydrogen-bond donors (Lipinski definition) is 1. The number of hydrogen-bond acceptors (Lipinski definition) is 3. The molecule has 1 atom stereocenters. The highest BCUT2D eigenvalue weighted by molar-refractivity contribution is 5.96. The highest BCUT2D eigenvalue weighted by Crippen LogP contribution is 2.31. The summed E-state index contributed by atoms with van der Waals surface area (Å²) in [4.78, 5) is 24.2. The lowest BCUT2D eigenvalue weighted by molar-refractivity contribution is -0.145. The van der Waals surface area contributed by atoms with Gasteiger partial charge in [0.2, 0.25) is 0 Å². The summed E-state index contributed by atoms with van der Waals surface area (Å²) in [5.41, 5.74) is -1.75. The van der Waals surface area contributed by atoms with E-state index in [1.54, 1.807) is 0 Å². The summed E-state index contributed by atoms with van der Waals surface area (Å²) in [7, 11) is 0. The maximum atomic E-state index is 13.6. The van der Waals surface area contributed by atoms with Crippen molar-refractivity contribution in [3.8, 4) is 0 Å². The standard InChI is InChI=1S/C27H41F4NO3/c1-3-4-5-6-7-8-9-10-11-12-13-14-15-16-19-35-26(34)21(2)32-25(33)22-17-18-23(24(28)20-22)27(29,30)31/h17-18,20-21H,3-16,19H2,1-2H3,(H,32,33). The van der Waals surface area contributed by atoms with Crippen LogP contribution in [0.3, 0.4) is 0 Å². The van der Waals surface area contributed by atoms with Crippen LogP contribution in [0.4, 0.5) is 17.6 Å². The first-order valence-electron chi connectivity index (χ1n) is 13.0. The Morgan fingerprint density at radius 3 is 1.80 bits per heavy atom. The molecule has 35 heavy (non-hydrogen) atoms. The van der Waals surface area contributed by atoms with Gasteiger partial charge in [-0.05, 0) is 31.5 Å². The van der Waals surface area contributed by atoms with Crippen molar-refractivity contribution >= 4 is 11.9 Å². The van der Waals surface area contributed by atoms with Crippen molar-refractivity contribution in [1.29, 1.82) is 0 Å². The largest absolute Gasteiger partial charge is 0.464 e. The fourth-order valence-corrected chi connectivity index (χ4v) is 3.82. The van der Waals surface area contributed by atoms with Gasteiger partial charge in [-0.25, -0.2) is 9.18 Å². The van der Waals surface area contributed by atoms with Gasteiger partial charge < -0.3 is 10.1 Å². The smallest absolute Gasteiger partial charge is 0.419 e. The number of nitrogens with one attached hydrogen (secondary N) is 1. The van der Waals surface area contributed by atoms with Crippen molar-refractivity contribution in [3.63, 3.8) is 0 Å². The van der Waals surface area contributed by atoms with E-state index in [0.29, 0.717) is 12.1 Å². The van der Waals surface area contributed by atoms with Gasteiger partial charge >= 0.3 is 12.1 Å². The third-order valence-corrected chi connectivity index (χ3v) is 5.98. The van der Waals surface area contributed by atoms with Crippen molar-refractivity contribution in [2.24, 2.45) is 0 Å². The van der Waals surface area contributed by atoms with Crippen LogP contribution in [0.1, 0.15) is 120 Å². The van der Waals surface area contributed by atoms with Crippen LogP contribution in [0.15, 0.2) is 18.2 Å². The Morgan fingerprint density at radius 1 is 0.857 bits per heavy atom. The summed E-state index contributed by atoms with van der Waals surface area (Å²) in [5.74, 6) is -3.03. The van der Waals surface area contributed by atoms with Crippen molar-refractivity contribution in [2.75, 3.05) is 6.61 Å². The van der Waals surface area contributed by atoms with E-state index < -0.39 is 35.5 Å². The van der Waals surface area contributed by atoms with Crippen LogP contribution in [-0.4, -0.2) is 24.5 Å². The summed E-state index contributed by atoms with van der Waals surface area (Å²) in [6.07, 6.45) is 12.3. The fraction of sp³-hybridized carbons (Fsp3) is 0.704. The van der Waals surface area contributed by atoms with E-state index >= 15 is 0 Å². The first kappa shape index (κ1) is 30.9. The topological polar surface area (TPSA) is 55.4 Å². The van der Waals surface area contributed by atoms with Crippen LogP contribution < -0.4 is 5.32 Å². The van der Waals surface area contributed by atoms with Crippen LogP contribution in [0, 0.1) is 5.82 Å². The molecule has 0 aliphatic heterocycles. The molecule has 0 radical (unpaired) electrons. The van der Waals surface area contributed by atoms with Crippen molar-refractivity contribution in [1.82, 2.24) is 5.32 Å². The zero-order chi connectivity index (χ0) is 26.1. The number of rotatable bonds is 18. The van der Waals surface area contributed by atoms with Gasteiger partial charge in [-0.2, -0.15) is 13.2 Å². The second-order valence-electron chi connectivity index (χ2n) is 9.15. The maximum Gasteiger partial charge on any atom is 0.419 e. The molecule has 1 N–H and O–H groups in total. The van der Waals surface area contributed by atoms with Gasteiger partial charge in [0.15, 0.2) is 0 Å². The van der Waals surface area contributed by atoms with Gasteiger partial charge in [0, 0.05) is 5.56 Å². The van der Waals surface area contributed by atoms with Crippen LogP contribution in [-0.2, 0) is 15.7 Å². The predicted molar refractivity (Wildman–Crippen MR) is 130 cm³/mol. The number of carbonyl (C=O) groups is 2. The Kier molecular flexibility index (Phi) is 15.3. The van der Waals surface area contributed by atoms with Crippen LogP contribution in [0.5, 0.6) is 0 Å². The second kappa shape index (κ2) is 17.3. The Labute approximate surface area is 207 Å². The normalized spacial score (nSPS) is 12.4. The molecule has 0 aromatic heterocycles. The zero-order valence-corrected chi connectivity index (χ0v) is 21.2. The lowest BCUT2D eigenvalue weighted by atomic mass is 10.0. The van der Waals surface area contributed by atoms with Crippen LogP contribution in [0.25, 0.3) is 0 Å². The highest BCUT2D eigenvalue weighted by Gasteiger charge is 2.34. The number of halogens is 4. The van der Waals surface area contributed by atoms with E-state index in [9.17, 15) is 27.2 Å². The van der Waals surface area contributed by atoms with Gasteiger partial charge in [0.05, 0.1) is 12.2 Å². The quantitative estimate of drug-likeness (QED) is 0.125. The van der Waals surface area contributed by atoms with Gasteiger partial charge in [-0.15, -0.1) is 0 Å².